The molecule has 1 aromatic rings. The van der Waals surface area contributed by atoms with Gasteiger partial charge in [0.2, 0.25) is 5.91 Å². The van der Waals surface area contributed by atoms with Crippen molar-refractivity contribution in [1.29, 1.82) is 0 Å². The standard InChI is InChI=1S/C18H31N5OS/c1-22(2)17(24)15-21-18(20-12-14-25-4)19-11-8-13-23(3)16-9-6-5-7-10-16/h5-7,9-10H,8,11-15H2,1-4H3,(H2,19,20,21). The molecule has 0 aliphatic carbocycles. The summed E-state index contributed by atoms with van der Waals surface area (Å²) in [6.45, 7) is 2.74. The van der Waals surface area contributed by atoms with Crippen LogP contribution in [0, 0.1) is 0 Å². The Morgan fingerprint density at radius 3 is 2.44 bits per heavy atom. The molecule has 0 saturated carbocycles. The molecule has 0 aliphatic rings. The monoisotopic (exact) mass is 365 g/mol. The summed E-state index contributed by atoms with van der Waals surface area (Å²) in [6, 6.07) is 10.3. The third kappa shape index (κ3) is 9.24. The van der Waals surface area contributed by atoms with Crippen molar-refractivity contribution in [2.24, 2.45) is 4.99 Å². The van der Waals surface area contributed by atoms with E-state index < -0.39 is 0 Å². The Kier molecular flexibility index (Phi) is 10.6. The predicted octanol–water partition coefficient (Wildman–Crippen LogP) is 1.50. The van der Waals surface area contributed by atoms with Crippen molar-refractivity contribution < 1.29 is 4.79 Å². The second-order valence-corrected chi connectivity index (χ2v) is 6.90. The Morgan fingerprint density at radius 2 is 1.80 bits per heavy atom. The molecule has 0 aliphatic heterocycles. The summed E-state index contributed by atoms with van der Waals surface area (Å²) in [4.78, 5) is 19.9. The molecule has 0 saturated heterocycles. The van der Waals surface area contributed by atoms with E-state index in [2.05, 4.69) is 46.0 Å². The van der Waals surface area contributed by atoms with E-state index in [-0.39, 0.29) is 12.5 Å². The number of rotatable bonds is 10. The number of guanidine groups is 1. The fraction of sp³-hybridized carbons (Fsp3) is 0.556. The van der Waals surface area contributed by atoms with Crippen molar-refractivity contribution in [1.82, 2.24) is 15.5 Å². The average Bonchev–Trinajstić information content (AvgIpc) is 2.62. The van der Waals surface area contributed by atoms with Gasteiger partial charge >= 0.3 is 0 Å². The molecule has 0 aromatic heterocycles. The molecule has 0 fully saturated rings. The molecular weight excluding hydrogens is 334 g/mol. The van der Waals surface area contributed by atoms with Gasteiger partial charge in [0.1, 0.15) is 6.54 Å². The number of benzene rings is 1. The zero-order valence-corrected chi connectivity index (χ0v) is 16.6. The summed E-state index contributed by atoms with van der Waals surface area (Å²) in [7, 11) is 5.58. The number of para-hydroxylation sites is 1. The molecule has 0 atom stereocenters. The molecule has 0 heterocycles. The molecule has 0 spiro atoms. The van der Waals surface area contributed by atoms with E-state index in [4.69, 9.17) is 0 Å². The number of amides is 1. The first-order valence-electron chi connectivity index (χ1n) is 8.52. The van der Waals surface area contributed by atoms with E-state index in [0.717, 1.165) is 31.8 Å². The van der Waals surface area contributed by atoms with Crippen LogP contribution in [0.3, 0.4) is 0 Å². The molecular formula is C18H31N5OS. The highest BCUT2D eigenvalue weighted by molar-refractivity contribution is 7.98. The van der Waals surface area contributed by atoms with Gasteiger partial charge in [-0.05, 0) is 24.8 Å². The van der Waals surface area contributed by atoms with Crippen LogP contribution < -0.4 is 15.5 Å². The van der Waals surface area contributed by atoms with E-state index in [1.807, 2.05) is 18.2 Å². The zero-order valence-electron chi connectivity index (χ0n) is 15.8. The van der Waals surface area contributed by atoms with Crippen LogP contribution in [0.4, 0.5) is 5.69 Å². The van der Waals surface area contributed by atoms with Crippen molar-refractivity contribution >= 4 is 29.3 Å². The average molecular weight is 366 g/mol. The third-order valence-electron chi connectivity index (χ3n) is 3.63. The normalized spacial score (nSPS) is 11.1. The van der Waals surface area contributed by atoms with Crippen molar-refractivity contribution in [2.75, 3.05) is 64.2 Å². The molecule has 2 N–H and O–H groups in total. The maximum Gasteiger partial charge on any atom is 0.243 e. The minimum atomic E-state index is -0.00484. The summed E-state index contributed by atoms with van der Waals surface area (Å²) >= 11 is 1.78. The van der Waals surface area contributed by atoms with Gasteiger partial charge in [-0.1, -0.05) is 18.2 Å². The minimum Gasteiger partial charge on any atom is -0.375 e. The maximum atomic E-state index is 11.7. The first-order valence-corrected chi connectivity index (χ1v) is 9.91. The highest BCUT2D eigenvalue weighted by Crippen LogP contribution is 2.10. The molecule has 1 aromatic carbocycles. The number of aliphatic imine (C=N–C) groups is 1. The van der Waals surface area contributed by atoms with Gasteiger partial charge in [0.05, 0.1) is 0 Å². The van der Waals surface area contributed by atoms with E-state index >= 15 is 0 Å². The van der Waals surface area contributed by atoms with Crippen LogP contribution in [0.2, 0.25) is 0 Å². The number of thioether (sulfide) groups is 1. The number of anilines is 1. The number of carbonyl (C=O) groups excluding carboxylic acids is 1. The van der Waals surface area contributed by atoms with E-state index in [9.17, 15) is 4.79 Å². The molecule has 1 rings (SSSR count). The highest BCUT2D eigenvalue weighted by Gasteiger charge is 2.05. The van der Waals surface area contributed by atoms with Crippen molar-refractivity contribution in [2.45, 2.75) is 6.42 Å². The molecule has 0 radical (unpaired) electrons. The second kappa shape index (κ2) is 12.5. The van der Waals surface area contributed by atoms with Crippen LogP contribution in [0.25, 0.3) is 0 Å². The van der Waals surface area contributed by atoms with Gasteiger partial charge < -0.3 is 20.4 Å². The first kappa shape index (κ1) is 21.2. The summed E-state index contributed by atoms with van der Waals surface area (Å²) in [5.74, 6) is 1.69. The second-order valence-electron chi connectivity index (χ2n) is 5.91. The van der Waals surface area contributed by atoms with Gasteiger partial charge in [-0.15, -0.1) is 0 Å². The Balaban J connectivity index is 2.40. The number of nitrogens with zero attached hydrogens (tertiary/aromatic N) is 3. The summed E-state index contributed by atoms with van der Waals surface area (Å²) in [5, 5.41) is 6.58. The van der Waals surface area contributed by atoms with Crippen molar-refractivity contribution in [3.05, 3.63) is 30.3 Å². The number of hydrogen-bond acceptors (Lipinski definition) is 4. The Hall–Kier alpha value is -1.89. The fourth-order valence-corrected chi connectivity index (χ4v) is 2.37. The smallest absolute Gasteiger partial charge is 0.243 e. The zero-order chi connectivity index (χ0) is 18.5. The summed E-state index contributed by atoms with van der Waals surface area (Å²) in [5.41, 5.74) is 1.21. The quantitative estimate of drug-likeness (QED) is 0.374. The van der Waals surface area contributed by atoms with Crippen LogP contribution in [0.1, 0.15) is 6.42 Å². The van der Waals surface area contributed by atoms with Gasteiger partial charge in [-0.3, -0.25) is 4.79 Å². The number of hydrogen-bond donors (Lipinski definition) is 2. The predicted molar refractivity (Wildman–Crippen MR) is 110 cm³/mol. The lowest BCUT2D eigenvalue weighted by molar-refractivity contribution is -0.127. The Morgan fingerprint density at radius 1 is 1.12 bits per heavy atom. The van der Waals surface area contributed by atoms with Crippen LogP contribution in [0.15, 0.2) is 35.3 Å². The van der Waals surface area contributed by atoms with Crippen molar-refractivity contribution in [3.63, 3.8) is 0 Å². The molecule has 140 valence electrons. The van der Waals surface area contributed by atoms with Gasteiger partial charge in [-0.25, -0.2) is 4.99 Å². The molecule has 7 heteroatoms. The molecule has 1 amide bonds. The molecule has 6 nitrogen and oxygen atoms in total. The van der Waals surface area contributed by atoms with Gasteiger partial charge in [0.25, 0.3) is 0 Å². The van der Waals surface area contributed by atoms with Crippen LogP contribution >= 0.6 is 11.8 Å². The lowest BCUT2D eigenvalue weighted by Gasteiger charge is -2.20. The van der Waals surface area contributed by atoms with Gasteiger partial charge in [0.15, 0.2) is 5.96 Å². The van der Waals surface area contributed by atoms with Crippen LogP contribution in [0.5, 0.6) is 0 Å². The fourth-order valence-electron chi connectivity index (χ4n) is 2.07. The van der Waals surface area contributed by atoms with Gasteiger partial charge in [0, 0.05) is 52.2 Å². The Labute approximate surface area is 156 Å². The minimum absolute atomic E-state index is 0.00484. The molecule has 25 heavy (non-hydrogen) atoms. The number of carbonyl (C=O) groups is 1. The van der Waals surface area contributed by atoms with E-state index in [1.165, 1.54) is 5.69 Å². The SMILES string of the molecule is CSCCNC(=NCC(=O)N(C)C)NCCCN(C)c1ccccc1. The Bertz CT molecular complexity index is 521. The van der Waals surface area contributed by atoms with E-state index in [1.54, 1.807) is 30.8 Å². The largest absolute Gasteiger partial charge is 0.375 e. The summed E-state index contributed by atoms with van der Waals surface area (Å²) < 4.78 is 0. The lowest BCUT2D eigenvalue weighted by atomic mass is 10.3. The van der Waals surface area contributed by atoms with E-state index in [0.29, 0.717) is 5.96 Å². The molecule has 0 unspecified atom stereocenters. The molecule has 0 bridgehead atoms. The van der Waals surface area contributed by atoms with Crippen LogP contribution in [-0.4, -0.2) is 76.1 Å². The van der Waals surface area contributed by atoms with Crippen LogP contribution in [-0.2, 0) is 4.79 Å². The number of likely N-dealkylation sites (N-methyl/N-ethyl adjacent to an activating group) is 1. The third-order valence-corrected chi connectivity index (χ3v) is 4.24. The lowest BCUT2D eigenvalue weighted by Crippen LogP contribution is -2.40. The maximum absolute atomic E-state index is 11.7. The highest BCUT2D eigenvalue weighted by atomic mass is 32.2. The summed E-state index contributed by atoms with van der Waals surface area (Å²) in [6.07, 6.45) is 3.05. The number of nitrogens with one attached hydrogen (secondary N) is 2. The topological polar surface area (TPSA) is 60.0 Å². The van der Waals surface area contributed by atoms with Gasteiger partial charge in [-0.2, -0.15) is 11.8 Å². The first-order chi connectivity index (χ1) is 12.0. The van der Waals surface area contributed by atoms with Crippen molar-refractivity contribution in [3.8, 4) is 0 Å².